The second kappa shape index (κ2) is 3.73. The van der Waals surface area contributed by atoms with Crippen LogP contribution < -0.4 is 5.32 Å². The molecule has 2 saturated carbocycles. The van der Waals surface area contributed by atoms with Crippen molar-refractivity contribution in [2.75, 3.05) is 0 Å². The van der Waals surface area contributed by atoms with Crippen LogP contribution in [0.5, 0.6) is 0 Å². The molecule has 0 aromatic rings. The fourth-order valence-corrected chi connectivity index (χ4v) is 3.41. The van der Waals surface area contributed by atoms with Crippen LogP contribution in [0.3, 0.4) is 0 Å². The highest BCUT2D eigenvalue weighted by molar-refractivity contribution is 5.92. The summed E-state index contributed by atoms with van der Waals surface area (Å²) in [5.74, 6) is 0.415. The Morgan fingerprint density at radius 3 is 2.62 bits per heavy atom. The average Bonchev–Trinajstić information content (AvgIpc) is 2.74. The lowest BCUT2D eigenvalue weighted by Gasteiger charge is -2.30. The number of hydrogen-bond acceptors (Lipinski definition) is 2. The summed E-state index contributed by atoms with van der Waals surface area (Å²) in [6.45, 7) is 2.21. The maximum atomic E-state index is 12.4. The van der Waals surface area contributed by atoms with E-state index < -0.39 is 0 Å². The lowest BCUT2D eigenvalue weighted by molar-refractivity contribution is -0.133. The summed E-state index contributed by atoms with van der Waals surface area (Å²) in [6.07, 6.45) is 9.80. The number of nitrogens with zero attached hydrogens (tertiary/aromatic N) is 1. The maximum Gasteiger partial charge on any atom is 0.244 e. The summed E-state index contributed by atoms with van der Waals surface area (Å²) in [6, 6.07) is 0.538. The average molecular weight is 222 g/mol. The molecule has 1 spiro atoms. The first-order chi connectivity index (χ1) is 7.77. The van der Waals surface area contributed by atoms with Crippen molar-refractivity contribution in [2.45, 2.75) is 76.0 Å². The summed E-state index contributed by atoms with van der Waals surface area (Å²) < 4.78 is 0. The van der Waals surface area contributed by atoms with Crippen molar-refractivity contribution in [3.05, 3.63) is 0 Å². The van der Waals surface area contributed by atoms with Gasteiger partial charge in [0, 0.05) is 6.04 Å². The van der Waals surface area contributed by atoms with Gasteiger partial charge in [-0.2, -0.15) is 0 Å². The molecular formula is C13H22N2O. The predicted octanol–water partition coefficient (Wildman–Crippen LogP) is 2.02. The molecule has 2 aliphatic carbocycles. The quantitative estimate of drug-likeness (QED) is 0.792. The van der Waals surface area contributed by atoms with E-state index in [1.165, 1.54) is 25.7 Å². The number of carbonyl (C=O) groups is 1. The second-order valence-electron chi connectivity index (χ2n) is 5.68. The fourth-order valence-electron chi connectivity index (χ4n) is 3.41. The maximum absolute atomic E-state index is 12.4. The molecule has 3 aliphatic rings. The van der Waals surface area contributed by atoms with Gasteiger partial charge >= 0.3 is 0 Å². The van der Waals surface area contributed by atoms with Crippen LogP contribution in [0.1, 0.15) is 58.3 Å². The van der Waals surface area contributed by atoms with E-state index in [1.54, 1.807) is 0 Å². The molecule has 0 bridgehead atoms. The second-order valence-corrected chi connectivity index (χ2v) is 5.68. The number of carbonyl (C=O) groups excluding carboxylic acids is 1. The molecule has 0 aromatic carbocycles. The van der Waals surface area contributed by atoms with Crippen LogP contribution in [0, 0.1) is 0 Å². The largest absolute Gasteiger partial charge is 0.323 e. The van der Waals surface area contributed by atoms with Crippen molar-refractivity contribution in [1.82, 2.24) is 10.2 Å². The van der Waals surface area contributed by atoms with Crippen LogP contribution in [-0.2, 0) is 4.79 Å². The minimum absolute atomic E-state index is 0.109. The van der Waals surface area contributed by atoms with Gasteiger partial charge in [-0.25, -0.2) is 0 Å². The van der Waals surface area contributed by atoms with E-state index in [2.05, 4.69) is 17.1 Å². The Morgan fingerprint density at radius 2 is 2.06 bits per heavy atom. The van der Waals surface area contributed by atoms with Gasteiger partial charge in [0.05, 0.1) is 11.7 Å². The molecule has 1 amide bonds. The van der Waals surface area contributed by atoms with Gasteiger partial charge in [-0.05, 0) is 32.1 Å². The summed E-state index contributed by atoms with van der Waals surface area (Å²) in [5, 5.41) is 3.60. The molecule has 0 radical (unpaired) electrons. The van der Waals surface area contributed by atoms with Gasteiger partial charge in [-0.3, -0.25) is 10.1 Å². The van der Waals surface area contributed by atoms with Crippen LogP contribution in [0.2, 0.25) is 0 Å². The van der Waals surface area contributed by atoms with Crippen LogP contribution >= 0.6 is 0 Å². The Hall–Kier alpha value is -0.570. The van der Waals surface area contributed by atoms with E-state index in [0.29, 0.717) is 18.1 Å². The monoisotopic (exact) mass is 222 g/mol. The summed E-state index contributed by atoms with van der Waals surface area (Å²) in [5.41, 5.74) is -0.109. The molecule has 3 nitrogen and oxygen atoms in total. The van der Waals surface area contributed by atoms with Crippen LogP contribution in [0.15, 0.2) is 0 Å². The third kappa shape index (κ3) is 1.48. The van der Waals surface area contributed by atoms with Gasteiger partial charge in [0.15, 0.2) is 0 Å². The Kier molecular flexibility index (Phi) is 2.46. The highest BCUT2D eigenvalue weighted by Gasteiger charge is 2.59. The molecule has 3 heteroatoms. The SMILES string of the molecule is CCCC1NC2(CC2)C(=O)N1C1CCCC1. The Bertz CT molecular complexity index is 292. The zero-order valence-electron chi connectivity index (χ0n) is 10.2. The minimum Gasteiger partial charge on any atom is -0.323 e. The molecule has 16 heavy (non-hydrogen) atoms. The van der Waals surface area contributed by atoms with Crippen LogP contribution in [-0.4, -0.2) is 28.6 Å². The number of hydrogen-bond donors (Lipinski definition) is 1. The summed E-state index contributed by atoms with van der Waals surface area (Å²) in [4.78, 5) is 14.6. The van der Waals surface area contributed by atoms with E-state index in [0.717, 1.165) is 25.7 Å². The Balaban J connectivity index is 1.78. The zero-order chi connectivity index (χ0) is 11.2. The number of amides is 1. The van der Waals surface area contributed by atoms with Crippen molar-refractivity contribution in [2.24, 2.45) is 0 Å². The topological polar surface area (TPSA) is 32.3 Å². The third-order valence-electron chi connectivity index (χ3n) is 4.45. The molecule has 3 rings (SSSR count). The summed E-state index contributed by atoms with van der Waals surface area (Å²) in [7, 11) is 0. The van der Waals surface area contributed by atoms with Gasteiger partial charge in [-0.15, -0.1) is 0 Å². The normalized spacial score (nSPS) is 32.9. The first kappa shape index (κ1) is 10.6. The predicted molar refractivity (Wildman–Crippen MR) is 62.9 cm³/mol. The highest BCUT2D eigenvalue weighted by atomic mass is 16.2. The molecule has 0 aromatic heterocycles. The lowest BCUT2D eigenvalue weighted by Crippen LogP contribution is -2.43. The Morgan fingerprint density at radius 1 is 1.38 bits per heavy atom. The highest BCUT2D eigenvalue weighted by Crippen LogP contribution is 2.45. The van der Waals surface area contributed by atoms with Crippen LogP contribution in [0.25, 0.3) is 0 Å². The van der Waals surface area contributed by atoms with Crippen molar-refractivity contribution in [3.63, 3.8) is 0 Å². The minimum atomic E-state index is -0.109. The van der Waals surface area contributed by atoms with E-state index in [1.807, 2.05) is 0 Å². The van der Waals surface area contributed by atoms with E-state index >= 15 is 0 Å². The molecule has 1 heterocycles. The van der Waals surface area contributed by atoms with E-state index in [-0.39, 0.29) is 5.54 Å². The van der Waals surface area contributed by atoms with Crippen molar-refractivity contribution in [1.29, 1.82) is 0 Å². The van der Waals surface area contributed by atoms with Gasteiger partial charge < -0.3 is 4.90 Å². The molecule has 3 fully saturated rings. The molecular weight excluding hydrogens is 200 g/mol. The molecule has 90 valence electrons. The molecule has 1 aliphatic heterocycles. The Labute approximate surface area is 97.6 Å². The molecule has 1 atom stereocenters. The lowest BCUT2D eigenvalue weighted by atomic mass is 10.1. The van der Waals surface area contributed by atoms with Gasteiger partial charge in [0.1, 0.15) is 0 Å². The zero-order valence-corrected chi connectivity index (χ0v) is 10.2. The molecule has 1 unspecified atom stereocenters. The molecule has 1 N–H and O–H groups in total. The van der Waals surface area contributed by atoms with Crippen molar-refractivity contribution >= 4 is 5.91 Å². The van der Waals surface area contributed by atoms with Gasteiger partial charge in [0.2, 0.25) is 5.91 Å². The first-order valence-electron chi connectivity index (χ1n) is 6.87. The first-order valence-corrected chi connectivity index (χ1v) is 6.87. The fraction of sp³-hybridized carbons (Fsp3) is 0.923. The van der Waals surface area contributed by atoms with E-state index in [9.17, 15) is 4.79 Å². The van der Waals surface area contributed by atoms with E-state index in [4.69, 9.17) is 0 Å². The summed E-state index contributed by atoms with van der Waals surface area (Å²) >= 11 is 0. The number of nitrogens with one attached hydrogen (secondary N) is 1. The van der Waals surface area contributed by atoms with Gasteiger partial charge in [-0.1, -0.05) is 26.2 Å². The number of rotatable bonds is 3. The van der Waals surface area contributed by atoms with Crippen LogP contribution in [0.4, 0.5) is 0 Å². The standard InChI is InChI=1S/C13H22N2O/c1-2-5-11-14-13(8-9-13)12(16)15(11)10-6-3-4-7-10/h10-11,14H,2-9H2,1H3. The smallest absolute Gasteiger partial charge is 0.244 e. The third-order valence-corrected chi connectivity index (χ3v) is 4.45. The van der Waals surface area contributed by atoms with Crippen molar-refractivity contribution < 1.29 is 4.79 Å². The van der Waals surface area contributed by atoms with Gasteiger partial charge in [0.25, 0.3) is 0 Å². The van der Waals surface area contributed by atoms with Crippen molar-refractivity contribution in [3.8, 4) is 0 Å². The molecule has 1 saturated heterocycles.